The lowest BCUT2D eigenvalue weighted by Crippen LogP contribution is -2.42. The number of thiocarbonyl (C=S) groups is 1. The Hall–Kier alpha value is -4.30. The Balaban J connectivity index is 1.66. The van der Waals surface area contributed by atoms with Crippen molar-refractivity contribution >= 4 is 63.8 Å². The first-order chi connectivity index (χ1) is 18.9. The molecule has 0 saturated carbocycles. The smallest absolute Gasteiger partial charge is 0.337 e. The molecule has 2 amide bonds. The van der Waals surface area contributed by atoms with Crippen molar-refractivity contribution in [3.63, 3.8) is 0 Å². The summed E-state index contributed by atoms with van der Waals surface area (Å²) < 4.78 is 74.8. The zero-order chi connectivity index (χ0) is 29.3. The third kappa shape index (κ3) is 5.40. The monoisotopic (exact) mass is 598 g/mol. The number of methoxy groups -OCH3 is 1. The molecule has 40 heavy (non-hydrogen) atoms. The summed E-state index contributed by atoms with van der Waals surface area (Å²) in [5.41, 5.74) is 1.10. The highest BCUT2D eigenvalue weighted by molar-refractivity contribution is 7.80. The van der Waals surface area contributed by atoms with Gasteiger partial charge in [-0.05, 0) is 60.7 Å². The highest BCUT2D eigenvalue weighted by Crippen LogP contribution is 2.32. The summed E-state index contributed by atoms with van der Waals surface area (Å²) >= 11 is 11.2. The molecular weight excluding hydrogens is 583 g/mol. The molecule has 0 aliphatic carbocycles. The maximum absolute atomic E-state index is 14.5. The van der Waals surface area contributed by atoms with Crippen molar-refractivity contribution in [2.75, 3.05) is 22.8 Å². The van der Waals surface area contributed by atoms with Crippen LogP contribution in [0.5, 0.6) is 0 Å². The summed E-state index contributed by atoms with van der Waals surface area (Å²) in [5.74, 6) is -13.5. The van der Waals surface area contributed by atoms with E-state index >= 15 is 0 Å². The van der Waals surface area contributed by atoms with Crippen LogP contribution in [0.4, 0.5) is 39.0 Å². The van der Waals surface area contributed by atoms with Gasteiger partial charge in [0.15, 0.2) is 23.3 Å². The highest BCUT2D eigenvalue weighted by atomic mass is 35.5. The van der Waals surface area contributed by atoms with Crippen LogP contribution in [0.2, 0.25) is 5.02 Å². The fraction of sp³-hybridized carbons (Fsp3) is 0.120. The molecule has 0 aromatic heterocycles. The van der Waals surface area contributed by atoms with E-state index in [9.17, 15) is 36.3 Å². The van der Waals surface area contributed by atoms with Gasteiger partial charge in [-0.25, -0.2) is 31.8 Å². The van der Waals surface area contributed by atoms with E-state index in [4.69, 9.17) is 23.8 Å². The van der Waals surface area contributed by atoms with E-state index in [0.717, 1.165) is 4.90 Å². The quantitative estimate of drug-likeness (QED) is 0.127. The number of anilines is 3. The molecule has 8 nitrogen and oxygen atoms in total. The van der Waals surface area contributed by atoms with Gasteiger partial charge < -0.3 is 10.1 Å². The molecule has 1 fully saturated rings. The summed E-state index contributed by atoms with van der Waals surface area (Å²) in [6.07, 6.45) is -0.676. The van der Waals surface area contributed by atoms with Crippen LogP contribution < -0.4 is 15.6 Å². The third-order valence-electron chi connectivity index (χ3n) is 5.71. The molecule has 0 bridgehead atoms. The molecule has 0 spiro atoms. The number of nitrogens with zero attached hydrogens (tertiary/aromatic N) is 2. The molecule has 4 rings (SSSR count). The first-order valence-electron chi connectivity index (χ1n) is 11.1. The summed E-state index contributed by atoms with van der Waals surface area (Å²) in [6, 6.07) is 9.56. The minimum absolute atomic E-state index is 0.157. The number of amides is 2. The standard InChI is InChI=1S/C25H16ClF5N4O4S/c1-39-24(38)11-2-6-13(7-3-11)32-16(36)10-15-23(37)34(14-8-4-12(26)5-9-14)25(40)35(15)33-22-20(30)18(28)17(27)19(29)21(22)31/h2-9,15,33H,10H2,1H3,(H,32,36). The SMILES string of the molecule is COC(=O)c1ccc(NC(=O)CC2C(=O)N(c3ccc(Cl)cc3)C(=S)N2Nc2c(F)c(F)c(F)c(F)c2F)cc1. The van der Waals surface area contributed by atoms with Gasteiger partial charge in [0.05, 0.1) is 24.8 Å². The van der Waals surface area contributed by atoms with E-state index < -0.39 is 70.1 Å². The Morgan fingerprint density at radius 3 is 2.02 bits per heavy atom. The maximum Gasteiger partial charge on any atom is 0.337 e. The molecule has 1 saturated heterocycles. The van der Waals surface area contributed by atoms with Crippen molar-refractivity contribution in [3.8, 4) is 0 Å². The topological polar surface area (TPSA) is 91.0 Å². The number of ether oxygens (including phenoxy) is 1. The fourth-order valence-corrected chi connectivity index (χ4v) is 4.24. The predicted octanol–water partition coefficient (Wildman–Crippen LogP) is 5.18. The molecule has 15 heteroatoms. The zero-order valence-electron chi connectivity index (χ0n) is 20.1. The minimum Gasteiger partial charge on any atom is -0.465 e. The van der Waals surface area contributed by atoms with Gasteiger partial charge in [-0.3, -0.25) is 19.9 Å². The number of esters is 1. The summed E-state index contributed by atoms with van der Waals surface area (Å²) in [4.78, 5) is 38.8. The Morgan fingerprint density at radius 2 is 1.48 bits per heavy atom. The molecule has 208 valence electrons. The van der Waals surface area contributed by atoms with Gasteiger partial charge in [-0.15, -0.1) is 0 Å². The Kier molecular flexibility index (Phi) is 8.21. The van der Waals surface area contributed by atoms with Crippen molar-refractivity contribution in [3.05, 3.63) is 88.2 Å². The second kappa shape index (κ2) is 11.4. The average molecular weight is 599 g/mol. The van der Waals surface area contributed by atoms with Crippen molar-refractivity contribution < 1.29 is 41.1 Å². The molecule has 1 atom stereocenters. The molecule has 1 aliphatic heterocycles. The third-order valence-corrected chi connectivity index (χ3v) is 6.34. The number of benzene rings is 3. The molecule has 1 unspecified atom stereocenters. The first-order valence-corrected chi connectivity index (χ1v) is 11.9. The van der Waals surface area contributed by atoms with Gasteiger partial charge in [0.25, 0.3) is 5.91 Å². The van der Waals surface area contributed by atoms with Crippen molar-refractivity contribution in [2.45, 2.75) is 12.5 Å². The van der Waals surface area contributed by atoms with E-state index in [2.05, 4.69) is 10.1 Å². The van der Waals surface area contributed by atoms with Crippen molar-refractivity contribution in [1.82, 2.24) is 5.01 Å². The molecule has 1 heterocycles. The van der Waals surface area contributed by atoms with Crippen molar-refractivity contribution in [2.24, 2.45) is 0 Å². The lowest BCUT2D eigenvalue weighted by atomic mass is 10.1. The Bertz CT molecular complexity index is 1500. The van der Waals surface area contributed by atoms with E-state index in [0.29, 0.717) is 10.0 Å². The van der Waals surface area contributed by atoms with E-state index in [1.807, 2.05) is 5.43 Å². The largest absolute Gasteiger partial charge is 0.465 e. The number of carbonyl (C=O) groups is 3. The van der Waals surface area contributed by atoms with E-state index in [1.165, 1.54) is 55.6 Å². The lowest BCUT2D eigenvalue weighted by Gasteiger charge is -2.26. The van der Waals surface area contributed by atoms with Crippen LogP contribution in [0.15, 0.2) is 48.5 Å². The first kappa shape index (κ1) is 28.7. The van der Waals surface area contributed by atoms with Gasteiger partial charge in [0, 0.05) is 10.7 Å². The number of rotatable bonds is 7. The second-order valence-corrected chi connectivity index (χ2v) is 9.00. The van der Waals surface area contributed by atoms with Crippen LogP contribution >= 0.6 is 23.8 Å². The van der Waals surface area contributed by atoms with E-state index in [1.54, 1.807) is 0 Å². The highest BCUT2D eigenvalue weighted by Gasteiger charge is 2.45. The molecular formula is C25H16ClF5N4O4S. The lowest BCUT2D eigenvalue weighted by molar-refractivity contribution is -0.124. The summed E-state index contributed by atoms with van der Waals surface area (Å²) in [6.45, 7) is 0. The normalized spacial score (nSPS) is 14.9. The van der Waals surface area contributed by atoms with Crippen molar-refractivity contribution in [1.29, 1.82) is 0 Å². The van der Waals surface area contributed by atoms with Crippen LogP contribution in [-0.2, 0) is 14.3 Å². The Morgan fingerprint density at radius 1 is 0.925 bits per heavy atom. The maximum atomic E-state index is 14.5. The number of nitrogens with one attached hydrogen (secondary N) is 2. The van der Waals surface area contributed by atoms with Crippen LogP contribution in [0.3, 0.4) is 0 Å². The summed E-state index contributed by atoms with van der Waals surface area (Å²) in [7, 11) is 1.20. The van der Waals surface area contributed by atoms with Gasteiger partial charge in [0.1, 0.15) is 11.7 Å². The van der Waals surface area contributed by atoms with Crippen LogP contribution in [0.25, 0.3) is 0 Å². The predicted molar refractivity (Wildman–Crippen MR) is 138 cm³/mol. The number of hydrazine groups is 1. The van der Waals surface area contributed by atoms with Crippen LogP contribution in [0.1, 0.15) is 16.8 Å². The zero-order valence-corrected chi connectivity index (χ0v) is 21.7. The summed E-state index contributed by atoms with van der Waals surface area (Å²) in [5, 5.41) is 3.01. The van der Waals surface area contributed by atoms with E-state index in [-0.39, 0.29) is 16.9 Å². The van der Waals surface area contributed by atoms with Gasteiger partial charge in [0.2, 0.25) is 16.8 Å². The second-order valence-electron chi connectivity index (χ2n) is 8.20. The Labute approximate surface area is 233 Å². The number of halogens is 6. The van der Waals surface area contributed by atoms with Crippen LogP contribution in [0, 0.1) is 29.1 Å². The van der Waals surface area contributed by atoms with Gasteiger partial charge in [-0.2, -0.15) is 0 Å². The molecule has 0 radical (unpaired) electrons. The number of carbonyl (C=O) groups excluding carboxylic acids is 3. The number of hydrogen-bond acceptors (Lipinski definition) is 6. The molecule has 3 aromatic carbocycles. The average Bonchev–Trinajstić information content (AvgIpc) is 3.17. The molecule has 3 aromatic rings. The van der Waals surface area contributed by atoms with Gasteiger partial charge in [-0.1, -0.05) is 11.6 Å². The minimum atomic E-state index is -2.38. The number of hydrogen-bond donors (Lipinski definition) is 2. The van der Waals surface area contributed by atoms with Gasteiger partial charge >= 0.3 is 5.97 Å². The fourth-order valence-electron chi connectivity index (χ4n) is 3.75. The van der Waals surface area contributed by atoms with Crippen LogP contribution in [-0.4, -0.2) is 41.1 Å². The molecule has 2 N–H and O–H groups in total. The molecule has 1 aliphatic rings.